The van der Waals surface area contributed by atoms with Gasteiger partial charge in [-0.2, -0.15) is 0 Å². The van der Waals surface area contributed by atoms with Gasteiger partial charge in [0.25, 0.3) is 0 Å². The molecule has 31 heavy (non-hydrogen) atoms. The zero-order valence-corrected chi connectivity index (χ0v) is 18.9. The fourth-order valence-corrected chi connectivity index (χ4v) is 5.61. The highest BCUT2D eigenvalue weighted by Crippen LogP contribution is 2.54. The SMILES string of the molecule is COc1ccccc1SNc1cc(OCC2CCCN2C)c2c(c1)C1(CCC1)C(=O)N2. The van der Waals surface area contributed by atoms with Gasteiger partial charge in [-0.1, -0.05) is 18.6 Å². The van der Waals surface area contributed by atoms with Crippen LogP contribution in [0.2, 0.25) is 0 Å². The number of methoxy groups -OCH3 is 1. The molecule has 5 rings (SSSR count). The molecule has 3 aliphatic rings. The van der Waals surface area contributed by atoms with Gasteiger partial charge in [-0.15, -0.1) is 0 Å². The van der Waals surface area contributed by atoms with Gasteiger partial charge in [-0.05, 0) is 75.0 Å². The van der Waals surface area contributed by atoms with Gasteiger partial charge in [-0.25, -0.2) is 0 Å². The monoisotopic (exact) mass is 439 g/mol. The van der Waals surface area contributed by atoms with Crippen LogP contribution in [0.25, 0.3) is 0 Å². The largest absolute Gasteiger partial charge is 0.496 e. The van der Waals surface area contributed by atoms with E-state index < -0.39 is 0 Å². The van der Waals surface area contributed by atoms with Crippen molar-refractivity contribution in [3.63, 3.8) is 0 Å². The van der Waals surface area contributed by atoms with Crippen LogP contribution in [0.5, 0.6) is 11.5 Å². The number of hydrogen-bond acceptors (Lipinski definition) is 6. The van der Waals surface area contributed by atoms with Crippen LogP contribution < -0.4 is 19.5 Å². The van der Waals surface area contributed by atoms with Gasteiger partial charge in [-0.3, -0.25) is 4.79 Å². The second kappa shape index (κ2) is 8.28. The minimum Gasteiger partial charge on any atom is -0.496 e. The normalized spacial score (nSPS) is 21.5. The molecular formula is C24H29N3O3S. The molecular weight excluding hydrogens is 410 g/mol. The maximum Gasteiger partial charge on any atom is 0.235 e. The highest BCUT2D eigenvalue weighted by Gasteiger charge is 2.52. The third-order valence-electron chi connectivity index (χ3n) is 6.95. The number of likely N-dealkylation sites (N-methyl/N-ethyl adjacent to an activating group) is 1. The number of nitrogens with zero attached hydrogens (tertiary/aromatic N) is 1. The summed E-state index contributed by atoms with van der Waals surface area (Å²) in [6.07, 6.45) is 5.25. The van der Waals surface area contributed by atoms with Gasteiger partial charge in [0.05, 0.1) is 23.1 Å². The number of carbonyl (C=O) groups is 1. The minimum atomic E-state index is -0.385. The quantitative estimate of drug-likeness (QED) is 0.612. The number of likely N-dealkylation sites (tertiary alicyclic amines) is 1. The Morgan fingerprint density at radius 1 is 1.23 bits per heavy atom. The highest BCUT2D eigenvalue weighted by atomic mass is 32.2. The number of fused-ring (bicyclic) bond motifs is 2. The van der Waals surface area contributed by atoms with Crippen molar-refractivity contribution < 1.29 is 14.3 Å². The summed E-state index contributed by atoms with van der Waals surface area (Å²) in [7, 11) is 3.83. The number of benzene rings is 2. The summed E-state index contributed by atoms with van der Waals surface area (Å²) in [5, 5.41) is 3.13. The number of nitrogens with one attached hydrogen (secondary N) is 2. The predicted octanol–water partition coefficient (Wildman–Crippen LogP) is 4.66. The van der Waals surface area contributed by atoms with E-state index >= 15 is 0 Å². The van der Waals surface area contributed by atoms with Crippen LogP contribution in [-0.4, -0.2) is 44.2 Å². The van der Waals surface area contributed by atoms with E-state index in [2.05, 4.69) is 28.1 Å². The number of anilines is 2. The summed E-state index contributed by atoms with van der Waals surface area (Å²) in [6.45, 7) is 1.75. The van der Waals surface area contributed by atoms with Crippen molar-refractivity contribution in [1.82, 2.24) is 4.90 Å². The van der Waals surface area contributed by atoms with Crippen molar-refractivity contribution in [2.75, 3.05) is 37.3 Å². The van der Waals surface area contributed by atoms with Crippen molar-refractivity contribution in [2.45, 2.75) is 48.5 Å². The first-order chi connectivity index (χ1) is 15.1. The van der Waals surface area contributed by atoms with Gasteiger partial charge in [0.15, 0.2) is 0 Å². The Bertz CT molecular complexity index is 992. The zero-order valence-electron chi connectivity index (χ0n) is 18.1. The molecule has 1 aliphatic carbocycles. The Morgan fingerprint density at radius 2 is 2.06 bits per heavy atom. The first-order valence-corrected chi connectivity index (χ1v) is 11.8. The van der Waals surface area contributed by atoms with Gasteiger partial charge in [0, 0.05) is 17.8 Å². The van der Waals surface area contributed by atoms with Gasteiger partial charge >= 0.3 is 0 Å². The Morgan fingerprint density at radius 3 is 2.77 bits per heavy atom. The Labute approximate surface area is 187 Å². The lowest BCUT2D eigenvalue weighted by molar-refractivity contribution is -0.123. The van der Waals surface area contributed by atoms with E-state index in [1.807, 2.05) is 30.3 Å². The number of hydrogen-bond donors (Lipinski definition) is 2. The molecule has 1 saturated carbocycles. The van der Waals surface area contributed by atoms with E-state index in [9.17, 15) is 4.79 Å². The molecule has 1 amide bonds. The molecule has 2 fully saturated rings. The summed E-state index contributed by atoms with van der Waals surface area (Å²) >= 11 is 1.51. The lowest BCUT2D eigenvalue weighted by Gasteiger charge is -2.36. The van der Waals surface area contributed by atoms with Crippen LogP contribution in [0.4, 0.5) is 11.4 Å². The van der Waals surface area contributed by atoms with Crippen LogP contribution >= 0.6 is 11.9 Å². The molecule has 6 nitrogen and oxygen atoms in total. The molecule has 164 valence electrons. The van der Waals surface area contributed by atoms with Crippen LogP contribution in [0.3, 0.4) is 0 Å². The smallest absolute Gasteiger partial charge is 0.235 e. The number of carbonyl (C=O) groups excluding carboxylic acids is 1. The van der Waals surface area contributed by atoms with E-state index in [0.717, 1.165) is 65.6 Å². The van der Waals surface area contributed by atoms with Gasteiger partial charge in [0.2, 0.25) is 5.91 Å². The number of rotatable bonds is 7. The first-order valence-electron chi connectivity index (χ1n) is 11.0. The fraction of sp³-hybridized carbons (Fsp3) is 0.458. The molecule has 7 heteroatoms. The molecule has 1 unspecified atom stereocenters. The fourth-order valence-electron chi connectivity index (χ4n) is 4.87. The second-order valence-corrected chi connectivity index (χ2v) is 9.58. The van der Waals surface area contributed by atoms with Gasteiger partial charge in [0.1, 0.15) is 18.1 Å². The molecule has 1 atom stereocenters. The van der Waals surface area contributed by atoms with Crippen LogP contribution in [-0.2, 0) is 10.2 Å². The molecule has 2 heterocycles. The third-order valence-corrected chi connectivity index (χ3v) is 7.84. The average Bonchev–Trinajstić information content (AvgIpc) is 3.30. The molecule has 2 aromatic carbocycles. The first kappa shape index (κ1) is 20.5. The van der Waals surface area contributed by atoms with Crippen molar-refractivity contribution in [3.8, 4) is 11.5 Å². The van der Waals surface area contributed by atoms with E-state index in [4.69, 9.17) is 9.47 Å². The van der Waals surface area contributed by atoms with E-state index in [1.165, 1.54) is 18.4 Å². The Hall–Kier alpha value is -2.38. The molecule has 2 aromatic rings. The van der Waals surface area contributed by atoms with Crippen molar-refractivity contribution in [2.24, 2.45) is 0 Å². The maximum atomic E-state index is 12.9. The highest BCUT2D eigenvalue weighted by molar-refractivity contribution is 8.00. The summed E-state index contributed by atoms with van der Waals surface area (Å²) in [6, 6.07) is 12.5. The molecule has 0 radical (unpaired) electrons. The van der Waals surface area contributed by atoms with Crippen molar-refractivity contribution in [1.29, 1.82) is 0 Å². The molecule has 1 spiro atoms. The Kier molecular flexibility index (Phi) is 5.48. The summed E-state index contributed by atoms with van der Waals surface area (Å²) in [5.41, 5.74) is 2.49. The standard InChI is InChI=1S/C24H29N3O3S/c1-27-12-5-7-17(27)15-30-20-14-16(26-31-21-9-4-3-8-19(21)29-2)13-18-22(20)25-23(28)24(18)10-6-11-24/h3-4,8-9,13-14,17,26H,5-7,10-12,15H2,1-2H3,(H,25,28). The summed E-state index contributed by atoms with van der Waals surface area (Å²) < 4.78 is 15.2. The van der Waals surface area contributed by atoms with Crippen LogP contribution in [0.1, 0.15) is 37.7 Å². The predicted molar refractivity (Wildman–Crippen MR) is 124 cm³/mol. The molecule has 1 saturated heterocycles. The number of para-hydroxylation sites is 1. The molecule has 2 aliphatic heterocycles. The molecule has 0 aromatic heterocycles. The summed E-state index contributed by atoms with van der Waals surface area (Å²) in [5.74, 6) is 1.71. The summed E-state index contributed by atoms with van der Waals surface area (Å²) in [4.78, 5) is 16.2. The van der Waals surface area contributed by atoms with E-state index in [-0.39, 0.29) is 11.3 Å². The minimum absolute atomic E-state index is 0.117. The van der Waals surface area contributed by atoms with Crippen molar-refractivity contribution >= 4 is 29.2 Å². The maximum absolute atomic E-state index is 12.9. The molecule has 2 N–H and O–H groups in total. The van der Waals surface area contributed by atoms with Gasteiger partial charge < -0.3 is 24.4 Å². The lowest BCUT2D eigenvalue weighted by Crippen LogP contribution is -2.40. The lowest BCUT2D eigenvalue weighted by atomic mass is 9.65. The van der Waals surface area contributed by atoms with Crippen LogP contribution in [0.15, 0.2) is 41.3 Å². The average molecular weight is 440 g/mol. The van der Waals surface area contributed by atoms with Crippen LogP contribution in [0, 0.1) is 0 Å². The topological polar surface area (TPSA) is 62.8 Å². The number of amides is 1. The Balaban J connectivity index is 1.42. The van der Waals surface area contributed by atoms with E-state index in [0.29, 0.717) is 12.6 Å². The van der Waals surface area contributed by atoms with Crippen molar-refractivity contribution in [3.05, 3.63) is 42.0 Å². The second-order valence-electron chi connectivity index (χ2n) is 8.73. The zero-order chi connectivity index (χ0) is 21.4. The number of ether oxygens (including phenoxy) is 2. The third kappa shape index (κ3) is 3.64. The van der Waals surface area contributed by atoms with E-state index in [1.54, 1.807) is 7.11 Å². The molecule has 0 bridgehead atoms.